The molecule has 1 N–H and O–H groups in total. The second kappa shape index (κ2) is 10.4. The lowest BCUT2D eigenvalue weighted by molar-refractivity contribution is 0.0781. The zero-order valence-electron chi connectivity index (χ0n) is 19.1. The van der Waals surface area contributed by atoms with Gasteiger partial charge in [-0.05, 0) is 49.1 Å². The first kappa shape index (κ1) is 24.0. The standard InChI is InChI=1S/C25H26ClFN4O3/c1-3-16(18-6-5-17(27)12-20(18)26)11-23(32)21-13-19(22-14-34-10-9-31(21)22)25(33)30-15(2)24-28-7-4-8-29-24/h4-8,12-13,15-16H,3,9-11,14H2,1-2H3,(H,30,33)/t15?,16-/m0/s1. The summed E-state index contributed by atoms with van der Waals surface area (Å²) in [4.78, 5) is 34.9. The van der Waals surface area contributed by atoms with Gasteiger partial charge in [-0.15, -0.1) is 0 Å². The summed E-state index contributed by atoms with van der Waals surface area (Å²) in [5, 5.41) is 3.22. The second-order valence-electron chi connectivity index (χ2n) is 8.29. The molecule has 0 spiro atoms. The Balaban J connectivity index is 1.58. The number of nitrogens with zero attached hydrogens (tertiary/aromatic N) is 3. The third-order valence-corrected chi connectivity index (χ3v) is 6.41. The molecule has 9 heteroatoms. The summed E-state index contributed by atoms with van der Waals surface area (Å²) in [7, 11) is 0. The van der Waals surface area contributed by atoms with Gasteiger partial charge in [0.05, 0.1) is 36.2 Å². The highest BCUT2D eigenvalue weighted by Crippen LogP contribution is 2.32. The fourth-order valence-electron chi connectivity index (χ4n) is 4.26. The van der Waals surface area contributed by atoms with E-state index < -0.39 is 11.9 Å². The van der Waals surface area contributed by atoms with E-state index in [9.17, 15) is 14.0 Å². The van der Waals surface area contributed by atoms with Gasteiger partial charge in [-0.3, -0.25) is 9.59 Å². The molecular weight excluding hydrogens is 459 g/mol. The predicted molar refractivity (Wildman–Crippen MR) is 125 cm³/mol. The van der Waals surface area contributed by atoms with Crippen molar-refractivity contribution < 1.29 is 18.7 Å². The van der Waals surface area contributed by atoms with Crippen LogP contribution in [0, 0.1) is 5.82 Å². The van der Waals surface area contributed by atoms with Crippen molar-refractivity contribution in [3.8, 4) is 0 Å². The summed E-state index contributed by atoms with van der Waals surface area (Å²) in [5.74, 6) is -0.505. The molecule has 0 fully saturated rings. The van der Waals surface area contributed by atoms with E-state index in [2.05, 4.69) is 15.3 Å². The van der Waals surface area contributed by atoms with Crippen molar-refractivity contribution in [3.05, 3.63) is 81.9 Å². The zero-order chi connectivity index (χ0) is 24.2. The van der Waals surface area contributed by atoms with Crippen LogP contribution in [0.3, 0.4) is 0 Å². The Morgan fingerprint density at radius 3 is 2.74 bits per heavy atom. The Bertz CT molecular complexity index is 1200. The lowest BCUT2D eigenvalue weighted by Crippen LogP contribution is -2.29. The van der Waals surface area contributed by atoms with Crippen molar-refractivity contribution in [1.82, 2.24) is 19.9 Å². The van der Waals surface area contributed by atoms with Gasteiger partial charge in [0.2, 0.25) is 0 Å². The summed E-state index contributed by atoms with van der Waals surface area (Å²) in [6.45, 7) is 4.95. The molecule has 3 aromatic rings. The van der Waals surface area contributed by atoms with E-state index in [0.29, 0.717) is 47.4 Å². The minimum absolute atomic E-state index is 0.103. The lowest BCUT2D eigenvalue weighted by atomic mass is 9.90. The quantitative estimate of drug-likeness (QED) is 0.461. The highest BCUT2D eigenvalue weighted by molar-refractivity contribution is 6.31. The van der Waals surface area contributed by atoms with E-state index in [1.807, 2.05) is 11.5 Å². The fraction of sp³-hybridized carbons (Fsp3) is 0.360. The van der Waals surface area contributed by atoms with Crippen LogP contribution >= 0.6 is 11.6 Å². The maximum absolute atomic E-state index is 13.5. The molecular formula is C25H26ClFN4O3. The van der Waals surface area contributed by atoms with Crippen LogP contribution in [-0.4, -0.2) is 32.8 Å². The van der Waals surface area contributed by atoms with Crippen molar-refractivity contribution >= 4 is 23.3 Å². The smallest absolute Gasteiger partial charge is 0.253 e. The number of fused-ring (bicyclic) bond motifs is 1. The highest BCUT2D eigenvalue weighted by atomic mass is 35.5. The summed E-state index contributed by atoms with van der Waals surface area (Å²) in [6.07, 6.45) is 4.10. The fourth-order valence-corrected chi connectivity index (χ4v) is 4.58. The van der Waals surface area contributed by atoms with Gasteiger partial charge in [0.15, 0.2) is 5.78 Å². The number of nitrogens with one attached hydrogen (secondary N) is 1. The third kappa shape index (κ3) is 5.03. The SMILES string of the molecule is CC[C@@H](CC(=O)c1cc(C(=O)NC(C)c2ncccn2)c2n1CCOC2)c1ccc(F)cc1Cl. The molecule has 1 unspecified atom stereocenters. The zero-order valence-corrected chi connectivity index (χ0v) is 19.8. The van der Waals surface area contributed by atoms with E-state index in [4.69, 9.17) is 16.3 Å². The van der Waals surface area contributed by atoms with E-state index in [1.54, 1.807) is 37.5 Å². The van der Waals surface area contributed by atoms with Crippen molar-refractivity contribution in [2.24, 2.45) is 0 Å². The Morgan fingerprint density at radius 2 is 2.03 bits per heavy atom. The van der Waals surface area contributed by atoms with Gasteiger partial charge in [0.1, 0.15) is 11.6 Å². The monoisotopic (exact) mass is 484 g/mol. The Morgan fingerprint density at radius 1 is 1.26 bits per heavy atom. The molecule has 1 amide bonds. The number of hydrogen-bond acceptors (Lipinski definition) is 5. The van der Waals surface area contributed by atoms with Crippen LogP contribution in [0.5, 0.6) is 0 Å². The first-order valence-corrected chi connectivity index (χ1v) is 11.6. The van der Waals surface area contributed by atoms with Crippen LogP contribution in [0.15, 0.2) is 42.7 Å². The minimum atomic E-state index is -0.415. The number of benzene rings is 1. The summed E-state index contributed by atoms with van der Waals surface area (Å²) in [5.41, 5.74) is 2.27. The normalized spacial score (nSPS) is 14.8. The molecule has 0 saturated carbocycles. The molecule has 0 aliphatic carbocycles. The number of Topliss-reactive ketones (excluding diaryl/α,β-unsaturated/α-hetero) is 1. The third-order valence-electron chi connectivity index (χ3n) is 6.08. The van der Waals surface area contributed by atoms with Crippen molar-refractivity contribution in [2.45, 2.75) is 51.8 Å². The molecule has 1 aromatic carbocycles. The molecule has 0 bridgehead atoms. The molecule has 178 valence electrons. The Kier molecular flexibility index (Phi) is 7.38. The molecule has 7 nitrogen and oxygen atoms in total. The first-order valence-electron chi connectivity index (χ1n) is 11.2. The number of carbonyl (C=O) groups is 2. The van der Waals surface area contributed by atoms with Crippen molar-refractivity contribution in [3.63, 3.8) is 0 Å². The molecule has 34 heavy (non-hydrogen) atoms. The summed E-state index contributed by atoms with van der Waals surface area (Å²) in [6, 6.07) is 7.19. The van der Waals surface area contributed by atoms with Crippen LogP contribution in [0.1, 0.15) is 76.6 Å². The second-order valence-corrected chi connectivity index (χ2v) is 8.70. The van der Waals surface area contributed by atoms with E-state index in [1.165, 1.54) is 12.1 Å². The number of aromatic nitrogens is 3. The minimum Gasteiger partial charge on any atom is -0.373 e. The number of hydrogen-bond donors (Lipinski definition) is 1. The topological polar surface area (TPSA) is 86.1 Å². The van der Waals surface area contributed by atoms with Crippen LogP contribution in [0.2, 0.25) is 5.02 Å². The predicted octanol–water partition coefficient (Wildman–Crippen LogP) is 4.86. The molecule has 4 rings (SSSR count). The van der Waals surface area contributed by atoms with E-state index in [-0.39, 0.29) is 30.6 Å². The average Bonchev–Trinajstić information content (AvgIpc) is 3.23. The summed E-state index contributed by atoms with van der Waals surface area (Å²) < 4.78 is 20.9. The number of amides is 1. The van der Waals surface area contributed by atoms with Gasteiger partial charge in [-0.25, -0.2) is 14.4 Å². The van der Waals surface area contributed by atoms with Gasteiger partial charge < -0.3 is 14.6 Å². The van der Waals surface area contributed by atoms with Gasteiger partial charge in [0, 0.05) is 30.4 Å². The number of ketones is 1. The van der Waals surface area contributed by atoms with Gasteiger partial charge in [0.25, 0.3) is 5.91 Å². The van der Waals surface area contributed by atoms with Crippen LogP contribution in [0.4, 0.5) is 4.39 Å². The van der Waals surface area contributed by atoms with Gasteiger partial charge >= 0.3 is 0 Å². The average molecular weight is 485 g/mol. The van der Waals surface area contributed by atoms with Gasteiger partial charge in [-0.2, -0.15) is 0 Å². The van der Waals surface area contributed by atoms with Crippen LogP contribution in [0.25, 0.3) is 0 Å². The van der Waals surface area contributed by atoms with Crippen LogP contribution < -0.4 is 5.32 Å². The molecule has 1 aliphatic heterocycles. The molecule has 2 atom stereocenters. The largest absolute Gasteiger partial charge is 0.373 e. The summed E-state index contributed by atoms with van der Waals surface area (Å²) >= 11 is 6.26. The van der Waals surface area contributed by atoms with Crippen molar-refractivity contribution in [1.29, 1.82) is 0 Å². The van der Waals surface area contributed by atoms with E-state index >= 15 is 0 Å². The molecule has 2 aromatic heterocycles. The first-order chi connectivity index (χ1) is 16.4. The number of carbonyl (C=O) groups excluding carboxylic acids is 2. The Labute approximate surface area is 202 Å². The molecule has 3 heterocycles. The van der Waals surface area contributed by atoms with Crippen molar-refractivity contribution in [2.75, 3.05) is 6.61 Å². The number of halogens is 2. The molecule has 0 radical (unpaired) electrons. The molecule has 1 aliphatic rings. The maximum Gasteiger partial charge on any atom is 0.253 e. The highest BCUT2D eigenvalue weighted by Gasteiger charge is 2.28. The lowest BCUT2D eigenvalue weighted by Gasteiger charge is -2.21. The van der Waals surface area contributed by atoms with Gasteiger partial charge in [-0.1, -0.05) is 24.6 Å². The molecule has 0 saturated heterocycles. The number of ether oxygens (including phenoxy) is 1. The Hall–Kier alpha value is -3.10. The maximum atomic E-state index is 13.5. The number of rotatable bonds is 8. The van der Waals surface area contributed by atoms with Crippen LogP contribution in [-0.2, 0) is 17.9 Å². The van der Waals surface area contributed by atoms with E-state index in [0.717, 1.165) is 5.56 Å².